The van der Waals surface area contributed by atoms with Crippen LogP contribution in [0.5, 0.6) is 17.2 Å². The van der Waals surface area contributed by atoms with E-state index in [9.17, 15) is 16.8 Å². The largest absolute Gasteiger partial charge is 0.495 e. The Morgan fingerprint density at radius 1 is 0.821 bits per heavy atom. The number of benzene rings is 2. The van der Waals surface area contributed by atoms with Crippen molar-refractivity contribution in [1.82, 2.24) is 0 Å². The SMILES string of the molecule is COc1ccc(NS(=O)(=O)c2cc(OC)c(OC)cc2Br)cc1NS(C)(=O)=O. The summed E-state index contributed by atoms with van der Waals surface area (Å²) in [5, 5.41) is 0. The highest BCUT2D eigenvalue weighted by atomic mass is 79.9. The van der Waals surface area contributed by atoms with Gasteiger partial charge in [-0.25, -0.2) is 16.8 Å². The van der Waals surface area contributed by atoms with E-state index in [4.69, 9.17) is 14.2 Å². The molecule has 0 aliphatic rings. The van der Waals surface area contributed by atoms with Crippen LogP contribution in [0.1, 0.15) is 0 Å². The lowest BCUT2D eigenvalue weighted by atomic mass is 10.2. The first-order chi connectivity index (χ1) is 13.0. The molecule has 9 nitrogen and oxygen atoms in total. The number of hydrogen-bond acceptors (Lipinski definition) is 7. The summed E-state index contributed by atoms with van der Waals surface area (Å²) in [5.74, 6) is 0.832. The Hall–Kier alpha value is -2.18. The Kier molecular flexibility index (Phi) is 6.67. The van der Waals surface area contributed by atoms with E-state index < -0.39 is 20.0 Å². The van der Waals surface area contributed by atoms with Crippen molar-refractivity contribution >= 4 is 47.4 Å². The molecule has 0 bridgehead atoms. The molecular formula is C16H19BrN2O7S2. The predicted molar refractivity (Wildman–Crippen MR) is 110 cm³/mol. The van der Waals surface area contributed by atoms with Crippen LogP contribution in [0.3, 0.4) is 0 Å². The zero-order valence-corrected chi connectivity index (χ0v) is 18.7. The molecular weight excluding hydrogens is 476 g/mol. The van der Waals surface area contributed by atoms with Crippen molar-refractivity contribution in [3.8, 4) is 17.2 Å². The molecule has 0 aliphatic carbocycles. The first kappa shape index (κ1) is 22.1. The van der Waals surface area contributed by atoms with Gasteiger partial charge in [-0.1, -0.05) is 0 Å². The van der Waals surface area contributed by atoms with Crippen LogP contribution in [-0.4, -0.2) is 44.4 Å². The van der Waals surface area contributed by atoms with Crippen LogP contribution in [0.2, 0.25) is 0 Å². The molecule has 0 atom stereocenters. The van der Waals surface area contributed by atoms with Gasteiger partial charge in [0.15, 0.2) is 11.5 Å². The normalized spacial score (nSPS) is 11.6. The molecule has 0 unspecified atom stereocenters. The van der Waals surface area contributed by atoms with Crippen LogP contribution in [-0.2, 0) is 20.0 Å². The fourth-order valence-electron chi connectivity index (χ4n) is 2.30. The first-order valence-electron chi connectivity index (χ1n) is 7.61. The maximum atomic E-state index is 12.8. The predicted octanol–water partition coefficient (Wildman–Crippen LogP) is 2.65. The molecule has 0 saturated heterocycles. The third-order valence-corrected chi connectivity index (χ3v) is 6.41. The quantitative estimate of drug-likeness (QED) is 0.578. The summed E-state index contributed by atoms with van der Waals surface area (Å²) in [5.41, 5.74) is 0.227. The van der Waals surface area contributed by atoms with Gasteiger partial charge in [0.1, 0.15) is 10.6 Å². The van der Waals surface area contributed by atoms with Gasteiger partial charge in [-0.2, -0.15) is 0 Å². The number of nitrogens with one attached hydrogen (secondary N) is 2. The lowest BCUT2D eigenvalue weighted by molar-refractivity contribution is 0.353. The number of hydrogen-bond donors (Lipinski definition) is 2. The Labute approximate surface area is 172 Å². The summed E-state index contributed by atoms with van der Waals surface area (Å²) in [4.78, 5) is -0.0846. The van der Waals surface area contributed by atoms with Crippen molar-refractivity contribution in [1.29, 1.82) is 0 Å². The van der Waals surface area contributed by atoms with Crippen molar-refractivity contribution in [2.24, 2.45) is 0 Å². The van der Waals surface area contributed by atoms with Gasteiger partial charge >= 0.3 is 0 Å². The number of ether oxygens (including phenoxy) is 3. The summed E-state index contributed by atoms with van der Waals surface area (Å²) in [6.07, 6.45) is 0.976. The molecule has 12 heteroatoms. The Morgan fingerprint density at radius 3 is 1.93 bits per heavy atom. The zero-order valence-electron chi connectivity index (χ0n) is 15.4. The number of halogens is 1. The van der Waals surface area contributed by atoms with Gasteiger partial charge in [0.05, 0.1) is 39.0 Å². The van der Waals surface area contributed by atoms with Crippen LogP contribution >= 0.6 is 15.9 Å². The zero-order chi connectivity index (χ0) is 21.1. The third kappa shape index (κ3) is 5.20. The molecule has 28 heavy (non-hydrogen) atoms. The highest BCUT2D eigenvalue weighted by molar-refractivity contribution is 9.10. The fourth-order valence-corrected chi connectivity index (χ4v) is 4.95. The molecule has 2 N–H and O–H groups in total. The summed E-state index contributed by atoms with van der Waals surface area (Å²) >= 11 is 3.21. The molecule has 154 valence electrons. The smallest absolute Gasteiger partial charge is 0.263 e. The van der Waals surface area contributed by atoms with E-state index in [0.717, 1.165) is 6.26 Å². The summed E-state index contributed by atoms with van der Waals surface area (Å²) < 4.78 is 69.0. The average molecular weight is 495 g/mol. The van der Waals surface area contributed by atoms with Crippen molar-refractivity contribution in [2.75, 3.05) is 37.0 Å². The number of methoxy groups -OCH3 is 3. The second kappa shape index (κ2) is 8.45. The Balaban J connectivity index is 2.46. The highest BCUT2D eigenvalue weighted by Gasteiger charge is 2.22. The summed E-state index contributed by atoms with van der Waals surface area (Å²) in [6.45, 7) is 0. The van der Waals surface area contributed by atoms with Gasteiger partial charge in [0.2, 0.25) is 10.0 Å². The maximum absolute atomic E-state index is 12.8. The second-order valence-electron chi connectivity index (χ2n) is 5.53. The van der Waals surface area contributed by atoms with Crippen LogP contribution in [0.25, 0.3) is 0 Å². The number of sulfonamides is 2. The fraction of sp³-hybridized carbons (Fsp3) is 0.250. The van der Waals surface area contributed by atoms with Gasteiger partial charge in [0, 0.05) is 10.5 Å². The molecule has 0 aliphatic heterocycles. The van der Waals surface area contributed by atoms with Crippen molar-refractivity contribution in [2.45, 2.75) is 4.90 Å². The lowest BCUT2D eigenvalue weighted by Crippen LogP contribution is -2.15. The Morgan fingerprint density at radius 2 is 1.39 bits per heavy atom. The van der Waals surface area contributed by atoms with Gasteiger partial charge < -0.3 is 14.2 Å². The minimum absolute atomic E-state index is 0.0846. The van der Waals surface area contributed by atoms with E-state index in [-0.39, 0.29) is 32.2 Å². The van der Waals surface area contributed by atoms with E-state index in [2.05, 4.69) is 25.4 Å². The molecule has 0 saturated carbocycles. The number of rotatable bonds is 8. The summed E-state index contributed by atoms with van der Waals surface area (Å²) in [6, 6.07) is 6.97. The standard InChI is InChI=1S/C16H19BrN2O7S2/c1-24-13-6-5-10(7-12(13)19-27(4,20)21)18-28(22,23)16-9-15(26-3)14(25-2)8-11(16)17/h5-9,18-19H,1-4H3. The molecule has 2 aromatic rings. The van der Waals surface area contributed by atoms with Crippen molar-refractivity contribution in [3.63, 3.8) is 0 Å². The van der Waals surface area contributed by atoms with Crippen LogP contribution in [0, 0.1) is 0 Å². The monoisotopic (exact) mass is 494 g/mol. The van der Waals surface area contributed by atoms with Crippen LogP contribution < -0.4 is 23.7 Å². The minimum Gasteiger partial charge on any atom is -0.495 e. The highest BCUT2D eigenvalue weighted by Crippen LogP contribution is 2.37. The lowest BCUT2D eigenvalue weighted by Gasteiger charge is -2.15. The number of anilines is 2. The van der Waals surface area contributed by atoms with Crippen molar-refractivity contribution in [3.05, 3.63) is 34.8 Å². The van der Waals surface area contributed by atoms with Crippen molar-refractivity contribution < 1.29 is 31.0 Å². The molecule has 2 aromatic carbocycles. The molecule has 0 spiro atoms. The maximum Gasteiger partial charge on any atom is 0.263 e. The third-order valence-electron chi connectivity index (χ3n) is 3.47. The molecule has 0 fully saturated rings. The van der Waals surface area contributed by atoms with E-state index >= 15 is 0 Å². The van der Waals surface area contributed by atoms with Crippen LogP contribution in [0.15, 0.2) is 39.7 Å². The first-order valence-corrected chi connectivity index (χ1v) is 11.8. The molecule has 2 rings (SSSR count). The molecule has 0 radical (unpaired) electrons. The second-order valence-corrected chi connectivity index (χ2v) is 9.79. The molecule has 0 heterocycles. The van der Waals surface area contributed by atoms with E-state index in [0.29, 0.717) is 5.75 Å². The average Bonchev–Trinajstić information content (AvgIpc) is 2.59. The van der Waals surface area contributed by atoms with Gasteiger partial charge in [-0.15, -0.1) is 0 Å². The molecule has 0 aromatic heterocycles. The van der Waals surface area contributed by atoms with Gasteiger partial charge in [-0.05, 0) is 40.2 Å². The van der Waals surface area contributed by atoms with E-state index in [1.807, 2.05) is 0 Å². The summed E-state index contributed by atoms with van der Waals surface area (Å²) in [7, 11) is -3.43. The topological polar surface area (TPSA) is 120 Å². The molecule has 0 amide bonds. The minimum atomic E-state index is -4.03. The van der Waals surface area contributed by atoms with Gasteiger partial charge in [0.25, 0.3) is 10.0 Å². The van der Waals surface area contributed by atoms with Gasteiger partial charge in [-0.3, -0.25) is 9.44 Å². The Bertz CT molecular complexity index is 1090. The van der Waals surface area contributed by atoms with E-state index in [1.165, 1.54) is 51.7 Å². The van der Waals surface area contributed by atoms with Crippen LogP contribution in [0.4, 0.5) is 11.4 Å². The van der Waals surface area contributed by atoms with E-state index in [1.54, 1.807) is 0 Å².